The number of nitrogens with one attached hydrogen (secondary N) is 2. The van der Waals surface area contributed by atoms with Gasteiger partial charge in [0.05, 0.1) is 6.04 Å². The van der Waals surface area contributed by atoms with Crippen molar-refractivity contribution in [3.63, 3.8) is 0 Å². The van der Waals surface area contributed by atoms with E-state index in [1.165, 1.54) is 0 Å². The van der Waals surface area contributed by atoms with Gasteiger partial charge in [-0.15, -0.1) is 0 Å². The summed E-state index contributed by atoms with van der Waals surface area (Å²) < 4.78 is 0. The Morgan fingerprint density at radius 2 is 2.00 bits per heavy atom. The molecule has 5 heteroatoms. The van der Waals surface area contributed by atoms with Crippen molar-refractivity contribution in [1.29, 1.82) is 0 Å². The summed E-state index contributed by atoms with van der Waals surface area (Å²) in [5.41, 5.74) is 2.16. The summed E-state index contributed by atoms with van der Waals surface area (Å²) in [5.74, 6) is 2.58. The van der Waals surface area contributed by atoms with Gasteiger partial charge in [0.25, 0.3) is 0 Å². The van der Waals surface area contributed by atoms with Gasteiger partial charge in [-0.05, 0) is 25.5 Å². The third-order valence-electron chi connectivity index (χ3n) is 3.28. The summed E-state index contributed by atoms with van der Waals surface area (Å²) in [6, 6.07) is 4.14. The van der Waals surface area contributed by atoms with Crippen LogP contribution in [0, 0.1) is 6.92 Å². The van der Waals surface area contributed by atoms with Crippen LogP contribution in [0.2, 0.25) is 0 Å². The van der Waals surface area contributed by atoms with Crippen molar-refractivity contribution in [2.45, 2.75) is 33.2 Å². The van der Waals surface area contributed by atoms with Gasteiger partial charge in [-0.3, -0.25) is 4.98 Å². The molecule has 0 saturated carbocycles. The summed E-state index contributed by atoms with van der Waals surface area (Å²) in [6.07, 6.45) is 4.46. The van der Waals surface area contributed by atoms with E-state index in [1.54, 1.807) is 6.20 Å². The zero-order valence-electron chi connectivity index (χ0n) is 12.4. The first-order valence-electron chi connectivity index (χ1n) is 6.87. The smallest absolute Gasteiger partial charge is 0.135 e. The Hall–Kier alpha value is -2.17. The predicted octanol–water partition coefficient (Wildman–Crippen LogP) is 2.96. The molecular weight excluding hydrogens is 250 g/mol. The molecule has 5 nitrogen and oxygen atoms in total. The lowest BCUT2D eigenvalue weighted by molar-refractivity contribution is 0.846. The molecule has 0 aliphatic rings. The third-order valence-corrected chi connectivity index (χ3v) is 3.28. The maximum Gasteiger partial charge on any atom is 0.135 e. The number of aryl methyl sites for hydroxylation is 1. The first-order valence-corrected chi connectivity index (χ1v) is 6.87. The predicted molar refractivity (Wildman–Crippen MR) is 82.0 cm³/mol. The average molecular weight is 271 g/mol. The molecule has 0 amide bonds. The molecule has 2 heterocycles. The number of anilines is 2. The second-order valence-corrected chi connectivity index (χ2v) is 4.72. The summed E-state index contributed by atoms with van der Waals surface area (Å²) in [4.78, 5) is 13.2. The molecule has 0 bridgehead atoms. The Balaban J connectivity index is 2.28. The molecule has 1 atom stereocenters. The zero-order valence-corrected chi connectivity index (χ0v) is 12.4. The lowest BCUT2D eigenvalue weighted by Crippen LogP contribution is -2.12. The van der Waals surface area contributed by atoms with Crippen LogP contribution in [0.25, 0.3) is 0 Å². The van der Waals surface area contributed by atoms with Crippen LogP contribution in [0.1, 0.15) is 36.8 Å². The fraction of sp³-hybridized carbons (Fsp3) is 0.400. The van der Waals surface area contributed by atoms with Gasteiger partial charge in [-0.2, -0.15) is 0 Å². The molecule has 2 aromatic heterocycles. The lowest BCUT2D eigenvalue weighted by Gasteiger charge is -2.18. The van der Waals surface area contributed by atoms with E-state index >= 15 is 0 Å². The molecule has 1 unspecified atom stereocenters. The lowest BCUT2D eigenvalue weighted by atomic mass is 10.1. The van der Waals surface area contributed by atoms with E-state index in [1.807, 2.05) is 26.2 Å². The summed E-state index contributed by atoms with van der Waals surface area (Å²) in [5, 5.41) is 6.56. The largest absolute Gasteiger partial charge is 0.373 e. The van der Waals surface area contributed by atoms with E-state index < -0.39 is 0 Å². The van der Waals surface area contributed by atoms with Crippen molar-refractivity contribution in [3.05, 3.63) is 41.5 Å². The highest BCUT2D eigenvalue weighted by Gasteiger charge is 2.12. The number of hydrogen-bond acceptors (Lipinski definition) is 5. The molecule has 2 rings (SSSR count). The second-order valence-electron chi connectivity index (χ2n) is 4.72. The van der Waals surface area contributed by atoms with E-state index in [9.17, 15) is 0 Å². The topological polar surface area (TPSA) is 62.7 Å². The summed E-state index contributed by atoms with van der Waals surface area (Å²) >= 11 is 0. The molecule has 0 radical (unpaired) electrons. The van der Waals surface area contributed by atoms with E-state index in [0.717, 1.165) is 35.0 Å². The fourth-order valence-corrected chi connectivity index (χ4v) is 2.03. The van der Waals surface area contributed by atoms with Gasteiger partial charge < -0.3 is 10.6 Å². The fourth-order valence-electron chi connectivity index (χ4n) is 2.03. The SMILES string of the molecule is CCc1nc(NC)c(C)c(NC(C)c2cccnc2)n1. The number of nitrogens with zero attached hydrogens (tertiary/aromatic N) is 3. The van der Waals surface area contributed by atoms with Crippen molar-refractivity contribution in [1.82, 2.24) is 15.0 Å². The van der Waals surface area contributed by atoms with Crippen LogP contribution in [-0.2, 0) is 6.42 Å². The molecule has 2 N–H and O–H groups in total. The normalized spacial score (nSPS) is 12.0. The average Bonchev–Trinajstić information content (AvgIpc) is 2.50. The molecule has 0 aliphatic carbocycles. The maximum absolute atomic E-state index is 4.58. The van der Waals surface area contributed by atoms with Crippen LogP contribution >= 0.6 is 0 Å². The van der Waals surface area contributed by atoms with Crippen molar-refractivity contribution < 1.29 is 0 Å². The highest BCUT2D eigenvalue weighted by Crippen LogP contribution is 2.24. The Bertz CT molecular complexity index is 568. The molecule has 0 saturated heterocycles. The molecule has 2 aromatic rings. The Kier molecular flexibility index (Phi) is 4.50. The van der Waals surface area contributed by atoms with Crippen molar-refractivity contribution in [3.8, 4) is 0 Å². The van der Waals surface area contributed by atoms with Gasteiger partial charge >= 0.3 is 0 Å². The van der Waals surface area contributed by atoms with Gasteiger partial charge in [-0.25, -0.2) is 9.97 Å². The standard InChI is InChI=1S/C15H21N5/c1-5-13-19-14(16-4)10(2)15(20-13)18-11(3)12-7-6-8-17-9-12/h6-9,11H,5H2,1-4H3,(H2,16,18,19,20). The molecule has 0 spiro atoms. The van der Waals surface area contributed by atoms with Crippen LogP contribution in [0.4, 0.5) is 11.6 Å². The minimum atomic E-state index is 0.145. The highest BCUT2D eigenvalue weighted by atomic mass is 15.1. The van der Waals surface area contributed by atoms with E-state index in [4.69, 9.17) is 0 Å². The highest BCUT2D eigenvalue weighted by molar-refractivity contribution is 5.57. The van der Waals surface area contributed by atoms with Crippen molar-refractivity contribution in [2.75, 3.05) is 17.7 Å². The molecular formula is C15H21N5. The Morgan fingerprint density at radius 3 is 2.60 bits per heavy atom. The second kappa shape index (κ2) is 6.32. The Morgan fingerprint density at radius 1 is 1.25 bits per heavy atom. The van der Waals surface area contributed by atoms with E-state index in [-0.39, 0.29) is 6.04 Å². The number of rotatable bonds is 5. The minimum Gasteiger partial charge on any atom is -0.373 e. The van der Waals surface area contributed by atoms with E-state index in [0.29, 0.717) is 0 Å². The maximum atomic E-state index is 4.58. The first-order chi connectivity index (χ1) is 9.65. The van der Waals surface area contributed by atoms with Gasteiger partial charge in [0.15, 0.2) is 0 Å². The van der Waals surface area contributed by atoms with Crippen molar-refractivity contribution in [2.24, 2.45) is 0 Å². The van der Waals surface area contributed by atoms with Crippen LogP contribution in [0.15, 0.2) is 24.5 Å². The Labute approximate surface area is 119 Å². The molecule has 0 fully saturated rings. The zero-order chi connectivity index (χ0) is 14.5. The van der Waals surface area contributed by atoms with Crippen LogP contribution in [0.3, 0.4) is 0 Å². The molecule has 0 aromatic carbocycles. The van der Waals surface area contributed by atoms with Crippen LogP contribution < -0.4 is 10.6 Å². The van der Waals surface area contributed by atoms with E-state index in [2.05, 4.69) is 45.5 Å². The summed E-state index contributed by atoms with van der Waals surface area (Å²) in [7, 11) is 1.88. The van der Waals surface area contributed by atoms with Gasteiger partial charge in [-0.1, -0.05) is 13.0 Å². The van der Waals surface area contributed by atoms with Crippen LogP contribution in [0.5, 0.6) is 0 Å². The number of aromatic nitrogens is 3. The summed E-state index contributed by atoms with van der Waals surface area (Å²) in [6.45, 7) is 6.17. The van der Waals surface area contributed by atoms with Crippen molar-refractivity contribution >= 4 is 11.6 Å². The first kappa shape index (κ1) is 14.2. The number of hydrogen-bond donors (Lipinski definition) is 2. The van der Waals surface area contributed by atoms with Crippen LogP contribution in [-0.4, -0.2) is 22.0 Å². The monoisotopic (exact) mass is 271 g/mol. The third kappa shape index (κ3) is 3.04. The minimum absolute atomic E-state index is 0.145. The molecule has 106 valence electrons. The molecule has 0 aliphatic heterocycles. The quantitative estimate of drug-likeness (QED) is 0.875. The van der Waals surface area contributed by atoms with Gasteiger partial charge in [0, 0.05) is 31.4 Å². The number of pyridine rings is 1. The van der Waals surface area contributed by atoms with Gasteiger partial charge in [0.2, 0.25) is 0 Å². The molecule has 20 heavy (non-hydrogen) atoms. The van der Waals surface area contributed by atoms with Gasteiger partial charge in [0.1, 0.15) is 17.5 Å².